The van der Waals surface area contributed by atoms with E-state index in [-0.39, 0.29) is 0 Å². The maximum absolute atomic E-state index is 11.6. The lowest BCUT2D eigenvalue weighted by atomic mass is 10.1. The lowest BCUT2D eigenvalue weighted by Crippen LogP contribution is -2.49. The Morgan fingerprint density at radius 1 is 0.957 bits per heavy atom. The molecule has 0 aromatic heterocycles. The zero-order valence-corrected chi connectivity index (χ0v) is 13.7. The predicted octanol–water partition coefficient (Wildman–Crippen LogP) is 0.960. The van der Waals surface area contributed by atoms with Crippen LogP contribution in [0.5, 0.6) is 0 Å². The van der Waals surface area contributed by atoms with Gasteiger partial charge in [0.15, 0.2) is 0 Å². The Bertz CT molecular complexity index is 500. The summed E-state index contributed by atoms with van der Waals surface area (Å²) >= 11 is 0. The molecule has 1 N–H and O–H groups in total. The smallest absolute Gasteiger partial charge is 0.222 e. The summed E-state index contributed by atoms with van der Waals surface area (Å²) in [5.41, 5.74) is 0.988. The standard InChI is InChI=1S/C18H27N3O2/c22-17(16-5-2-1-3-6-16)15-20-11-9-19(10-12-20)13-14-21-8-4-7-18(21)23/h1-3,5-6,17,22H,4,7-15H2/t17-/m1/s1. The summed E-state index contributed by atoms with van der Waals surface area (Å²) < 4.78 is 0. The molecule has 3 rings (SSSR count). The number of amides is 1. The van der Waals surface area contributed by atoms with Crippen molar-refractivity contribution in [3.8, 4) is 0 Å². The van der Waals surface area contributed by atoms with Gasteiger partial charge in [0.2, 0.25) is 5.91 Å². The minimum absolute atomic E-state index is 0.314. The highest BCUT2D eigenvalue weighted by Gasteiger charge is 2.23. The van der Waals surface area contributed by atoms with E-state index in [9.17, 15) is 9.90 Å². The number of carbonyl (C=O) groups excluding carboxylic acids is 1. The van der Waals surface area contributed by atoms with Gasteiger partial charge in [0.1, 0.15) is 0 Å². The summed E-state index contributed by atoms with van der Waals surface area (Å²) in [5.74, 6) is 0.314. The van der Waals surface area contributed by atoms with Crippen LogP contribution >= 0.6 is 0 Å². The van der Waals surface area contributed by atoms with Crippen molar-refractivity contribution in [1.29, 1.82) is 0 Å². The normalized spacial score (nSPS) is 21.8. The average Bonchev–Trinajstić information content (AvgIpc) is 3.00. The number of aliphatic hydroxyl groups is 1. The number of rotatable bonds is 6. The Hall–Kier alpha value is -1.43. The largest absolute Gasteiger partial charge is 0.387 e. The van der Waals surface area contributed by atoms with Crippen molar-refractivity contribution in [2.24, 2.45) is 0 Å². The molecule has 23 heavy (non-hydrogen) atoms. The van der Waals surface area contributed by atoms with Gasteiger partial charge in [-0.3, -0.25) is 14.6 Å². The van der Waals surface area contributed by atoms with Gasteiger partial charge < -0.3 is 10.0 Å². The van der Waals surface area contributed by atoms with E-state index in [0.717, 1.165) is 64.2 Å². The Balaban J connectivity index is 1.37. The van der Waals surface area contributed by atoms with Crippen molar-refractivity contribution in [2.75, 3.05) is 52.4 Å². The highest BCUT2D eigenvalue weighted by Crippen LogP contribution is 2.15. The molecule has 0 bridgehead atoms. The first-order chi connectivity index (χ1) is 11.2. The SMILES string of the molecule is O=C1CCCN1CCN1CCN(C[C@@H](O)c2ccccc2)CC1. The highest BCUT2D eigenvalue weighted by atomic mass is 16.3. The van der Waals surface area contributed by atoms with Gasteiger partial charge in [-0.05, 0) is 12.0 Å². The Labute approximate surface area is 138 Å². The highest BCUT2D eigenvalue weighted by molar-refractivity contribution is 5.78. The van der Waals surface area contributed by atoms with Gasteiger partial charge in [-0.15, -0.1) is 0 Å². The number of nitrogens with zero attached hydrogens (tertiary/aromatic N) is 3. The predicted molar refractivity (Wildman–Crippen MR) is 90.1 cm³/mol. The molecule has 1 amide bonds. The van der Waals surface area contributed by atoms with Crippen LogP contribution in [0.15, 0.2) is 30.3 Å². The third-order valence-corrected chi connectivity index (χ3v) is 4.94. The maximum atomic E-state index is 11.6. The van der Waals surface area contributed by atoms with E-state index >= 15 is 0 Å². The molecule has 2 fully saturated rings. The van der Waals surface area contributed by atoms with Gasteiger partial charge in [0.05, 0.1) is 6.10 Å². The number of aliphatic hydroxyl groups excluding tert-OH is 1. The molecule has 2 aliphatic rings. The van der Waals surface area contributed by atoms with Crippen molar-refractivity contribution >= 4 is 5.91 Å². The molecular formula is C18H27N3O2. The van der Waals surface area contributed by atoms with Crippen molar-refractivity contribution in [3.05, 3.63) is 35.9 Å². The first-order valence-corrected chi connectivity index (χ1v) is 8.68. The molecule has 5 nitrogen and oxygen atoms in total. The summed E-state index contributed by atoms with van der Waals surface area (Å²) in [6, 6.07) is 9.87. The van der Waals surface area contributed by atoms with E-state index in [0.29, 0.717) is 12.5 Å². The van der Waals surface area contributed by atoms with Crippen LogP contribution in [-0.4, -0.2) is 78.1 Å². The fraction of sp³-hybridized carbons (Fsp3) is 0.611. The average molecular weight is 317 g/mol. The van der Waals surface area contributed by atoms with Gasteiger partial charge in [-0.1, -0.05) is 30.3 Å². The number of carbonyl (C=O) groups is 1. The van der Waals surface area contributed by atoms with Crippen molar-refractivity contribution in [3.63, 3.8) is 0 Å². The topological polar surface area (TPSA) is 47.0 Å². The van der Waals surface area contributed by atoms with Crippen molar-refractivity contribution in [1.82, 2.24) is 14.7 Å². The summed E-state index contributed by atoms with van der Waals surface area (Å²) in [4.78, 5) is 18.4. The molecular weight excluding hydrogens is 290 g/mol. The lowest BCUT2D eigenvalue weighted by Gasteiger charge is -2.36. The molecule has 1 atom stereocenters. The van der Waals surface area contributed by atoms with Crippen LogP contribution in [0.1, 0.15) is 24.5 Å². The summed E-state index contributed by atoms with van der Waals surface area (Å²) in [5, 5.41) is 10.3. The number of benzene rings is 1. The van der Waals surface area contributed by atoms with E-state index in [4.69, 9.17) is 0 Å². The molecule has 2 heterocycles. The van der Waals surface area contributed by atoms with E-state index in [1.54, 1.807) is 0 Å². The van der Waals surface area contributed by atoms with Crippen LogP contribution in [0.4, 0.5) is 0 Å². The molecule has 2 aliphatic heterocycles. The van der Waals surface area contributed by atoms with Gasteiger partial charge in [-0.25, -0.2) is 0 Å². The Kier molecular flexibility index (Phi) is 5.65. The molecule has 2 saturated heterocycles. The number of likely N-dealkylation sites (tertiary alicyclic amines) is 1. The second-order valence-corrected chi connectivity index (χ2v) is 6.55. The first kappa shape index (κ1) is 16.4. The maximum Gasteiger partial charge on any atom is 0.222 e. The Morgan fingerprint density at radius 3 is 2.30 bits per heavy atom. The minimum atomic E-state index is -0.412. The molecule has 0 saturated carbocycles. The fourth-order valence-corrected chi connectivity index (χ4v) is 3.42. The van der Waals surface area contributed by atoms with Crippen molar-refractivity contribution in [2.45, 2.75) is 18.9 Å². The monoisotopic (exact) mass is 317 g/mol. The number of β-amino-alcohol motifs (C(OH)–C–C–N with tert-alkyl or cyclic N) is 1. The molecule has 1 aromatic rings. The molecule has 0 aliphatic carbocycles. The van der Waals surface area contributed by atoms with Gasteiger partial charge in [0, 0.05) is 58.8 Å². The third-order valence-electron chi connectivity index (χ3n) is 4.94. The van der Waals surface area contributed by atoms with E-state index in [2.05, 4.69) is 9.80 Å². The number of piperazine rings is 1. The van der Waals surface area contributed by atoms with Crippen LogP contribution in [0, 0.1) is 0 Å². The summed E-state index contributed by atoms with van der Waals surface area (Å²) in [6.07, 6.45) is 1.33. The van der Waals surface area contributed by atoms with Gasteiger partial charge in [-0.2, -0.15) is 0 Å². The van der Waals surface area contributed by atoms with Crippen LogP contribution < -0.4 is 0 Å². The lowest BCUT2D eigenvalue weighted by molar-refractivity contribution is -0.127. The molecule has 0 radical (unpaired) electrons. The second-order valence-electron chi connectivity index (χ2n) is 6.55. The molecule has 0 spiro atoms. The minimum Gasteiger partial charge on any atom is -0.387 e. The fourth-order valence-electron chi connectivity index (χ4n) is 3.42. The zero-order valence-electron chi connectivity index (χ0n) is 13.7. The van der Waals surface area contributed by atoms with Crippen LogP contribution in [0.2, 0.25) is 0 Å². The third kappa shape index (κ3) is 4.53. The van der Waals surface area contributed by atoms with E-state index in [1.807, 2.05) is 35.2 Å². The van der Waals surface area contributed by atoms with Crippen LogP contribution in [0.25, 0.3) is 0 Å². The Morgan fingerprint density at radius 2 is 1.65 bits per heavy atom. The van der Waals surface area contributed by atoms with Gasteiger partial charge >= 0.3 is 0 Å². The van der Waals surface area contributed by atoms with Crippen molar-refractivity contribution < 1.29 is 9.90 Å². The first-order valence-electron chi connectivity index (χ1n) is 8.68. The van der Waals surface area contributed by atoms with Crippen LogP contribution in [-0.2, 0) is 4.79 Å². The van der Waals surface area contributed by atoms with Gasteiger partial charge in [0.25, 0.3) is 0 Å². The van der Waals surface area contributed by atoms with E-state index < -0.39 is 6.10 Å². The zero-order chi connectivity index (χ0) is 16.1. The number of hydrogen-bond donors (Lipinski definition) is 1. The second kappa shape index (κ2) is 7.90. The number of hydrogen-bond acceptors (Lipinski definition) is 4. The van der Waals surface area contributed by atoms with Crippen LogP contribution in [0.3, 0.4) is 0 Å². The quantitative estimate of drug-likeness (QED) is 0.849. The molecule has 5 heteroatoms. The summed E-state index contributed by atoms with van der Waals surface area (Å²) in [7, 11) is 0. The molecule has 126 valence electrons. The summed E-state index contributed by atoms with van der Waals surface area (Å²) in [6.45, 7) is 7.47. The van der Waals surface area contributed by atoms with E-state index in [1.165, 1.54) is 0 Å². The molecule has 0 unspecified atom stereocenters. The molecule has 1 aromatic carbocycles.